The van der Waals surface area contributed by atoms with Crippen LogP contribution in [0.5, 0.6) is 5.88 Å². The van der Waals surface area contributed by atoms with Crippen LogP contribution in [0.2, 0.25) is 5.02 Å². The first kappa shape index (κ1) is 40.9. The van der Waals surface area contributed by atoms with E-state index in [2.05, 4.69) is 40.7 Å². The van der Waals surface area contributed by atoms with E-state index in [1.54, 1.807) is 29.2 Å². The molecule has 302 valence electrons. The van der Waals surface area contributed by atoms with Gasteiger partial charge in [-0.25, -0.2) is 29.1 Å². The largest absolute Gasteiger partial charge is 0.490 e. The number of hydrogen-bond acceptors (Lipinski definition) is 11. The first-order valence-electron chi connectivity index (χ1n) is 16.8. The van der Waals surface area contributed by atoms with E-state index < -0.39 is 35.6 Å². The van der Waals surface area contributed by atoms with E-state index in [1.165, 1.54) is 48.6 Å². The highest BCUT2D eigenvalue weighted by molar-refractivity contribution is 6.31. The molecule has 0 spiro atoms. The maximum Gasteiger partial charge on any atom is 0.490 e. The fourth-order valence-electron chi connectivity index (χ4n) is 5.88. The fraction of sp³-hybridized carbons (Fsp3) is 0.257. The van der Waals surface area contributed by atoms with Crippen molar-refractivity contribution in [2.75, 3.05) is 12.4 Å². The van der Waals surface area contributed by atoms with Crippen molar-refractivity contribution in [2.24, 2.45) is 5.92 Å². The SMILES string of the molecule is COc1cc(-n2ncc3c2-c2ccnc(c2)[C@@H](n2cnc(-c4cc(Cl)ccc4-n4cc(C(F)(F)F)nn4)cc2=O)CCC[C@@H](C)C(=O)N3)ncn1.O=C(O)C(F)(F)F. The Labute approximate surface area is 327 Å². The zero-order valence-electron chi connectivity index (χ0n) is 29.9. The number of alkyl halides is 6. The molecule has 0 saturated carbocycles. The average molecular weight is 832 g/mol. The second-order valence-corrected chi connectivity index (χ2v) is 13.0. The highest BCUT2D eigenvalue weighted by atomic mass is 35.5. The summed E-state index contributed by atoms with van der Waals surface area (Å²) < 4.78 is 80.8. The van der Waals surface area contributed by atoms with Crippen LogP contribution >= 0.6 is 11.6 Å². The number of carboxylic acids is 1. The van der Waals surface area contributed by atoms with Gasteiger partial charge in [-0.15, -0.1) is 5.10 Å². The van der Waals surface area contributed by atoms with Crippen LogP contribution in [0.4, 0.5) is 32.0 Å². The summed E-state index contributed by atoms with van der Waals surface area (Å²) in [6.45, 7) is 1.82. The van der Waals surface area contributed by atoms with Crippen molar-refractivity contribution in [3.63, 3.8) is 0 Å². The molecule has 58 heavy (non-hydrogen) atoms. The predicted octanol–water partition coefficient (Wildman–Crippen LogP) is 6.19. The van der Waals surface area contributed by atoms with Crippen LogP contribution in [0.25, 0.3) is 34.0 Å². The number of halogens is 7. The molecule has 0 radical (unpaired) electrons. The number of rotatable bonds is 5. The summed E-state index contributed by atoms with van der Waals surface area (Å²) in [5, 5.41) is 21.8. The second kappa shape index (κ2) is 16.4. The van der Waals surface area contributed by atoms with Crippen LogP contribution in [0.1, 0.15) is 43.6 Å². The zero-order chi connectivity index (χ0) is 41.9. The van der Waals surface area contributed by atoms with Gasteiger partial charge in [0.05, 0.1) is 60.3 Å². The molecule has 23 heteroatoms. The minimum Gasteiger partial charge on any atom is -0.481 e. The standard InChI is InChI=1S/C33H27ClF3N11O3.C2HF3O2/c1-18-4-3-5-26(23-10-19(8-9-38-23)31-24(43-32(18)50)14-42-48(31)28-13-29(51-2)40-16-39-28)46-17-41-22(12-30(46)49)21-11-20(34)6-7-25(21)47-15-27(44-45-47)33(35,36)37;3-2(4,5)1(6)7/h6-18,26H,3-5H2,1-2H3,(H,43,50);(H,6,7)/t18-,26+;/m1./s1. The summed E-state index contributed by atoms with van der Waals surface area (Å²) in [5.41, 5.74) is 1.15. The van der Waals surface area contributed by atoms with Gasteiger partial charge in [-0.05, 0) is 43.2 Å². The number of nitrogens with zero attached hydrogens (tertiary/aromatic N) is 10. The van der Waals surface area contributed by atoms with Crippen molar-refractivity contribution >= 4 is 29.2 Å². The Morgan fingerprint density at radius 1 is 1.00 bits per heavy atom. The molecule has 2 N–H and O–H groups in total. The summed E-state index contributed by atoms with van der Waals surface area (Å²) in [6.07, 6.45) is -1.66. The van der Waals surface area contributed by atoms with Crippen LogP contribution in [0, 0.1) is 5.92 Å². The van der Waals surface area contributed by atoms with Gasteiger partial charge < -0.3 is 15.2 Å². The number of amides is 1. The smallest absolute Gasteiger partial charge is 0.481 e. The van der Waals surface area contributed by atoms with E-state index in [9.17, 15) is 35.9 Å². The van der Waals surface area contributed by atoms with Gasteiger partial charge >= 0.3 is 18.3 Å². The van der Waals surface area contributed by atoms with Gasteiger partial charge in [0.1, 0.15) is 6.33 Å². The Morgan fingerprint density at radius 2 is 1.76 bits per heavy atom. The Hall–Kier alpha value is -6.71. The lowest BCUT2D eigenvalue weighted by molar-refractivity contribution is -0.192. The monoisotopic (exact) mass is 831 g/mol. The number of ether oxygens (including phenoxy) is 1. The highest BCUT2D eigenvalue weighted by Gasteiger charge is 2.38. The van der Waals surface area contributed by atoms with E-state index in [0.717, 1.165) is 10.9 Å². The number of hydrogen-bond donors (Lipinski definition) is 2. The molecule has 1 aromatic carbocycles. The van der Waals surface area contributed by atoms with E-state index in [4.69, 9.17) is 26.2 Å². The number of carbonyl (C=O) groups is 2. The number of aliphatic carboxylic acids is 1. The molecule has 0 saturated heterocycles. The third kappa shape index (κ3) is 8.96. The molecular weight excluding hydrogens is 804 g/mol. The number of carbonyl (C=O) groups excluding carboxylic acids is 1. The molecule has 2 atom stereocenters. The molecule has 0 unspecified atom stereocenters. The number of benzene rings is 1. The number of nitrogens with one attached hydrogen (secondary N) is 1. The first-order valence-corrected chi connectivity index (χ1v) is 17.2. The van der Waals surface area contributed by atoms with Crippen LogP contribution in [-0.2, 0) is 15.8 Å². The van der Waals surface area contributed by atoms with Gasteiger partial charge in [-0.3, -0.25) is 19.1 Å². The lowest BCUT2D eigenvalue weighted by Gasteiger charge is -2.22. The van der Waals surface area contributed by atoms with Crippen LogP contribution in [0.15, 0.2) is 78.5 Å². The van der Waals surface area contributed by atoms with E-state index in [1.807, 2.05) is 13.0 Å². The van der Waals surface area contributed by atoms with Crippen molar-refractivity contribution in [2.45, 2.75) is 44.6 Å². The van der Waals surface area contributed by atoms with Crippen LogP contribution < -0.4 is 15.6 Å². The van der Waals surface area contributed by atoms with Gasteiger partial charge in [0.25, 0.3) is 5.56 Å². The Balaban J connectivity index is 0.000000743. The Morgan fingerprint density at radius 3 is 2.43 bits per heavy atom. The molecule has 1 amide bonds. The third-order valence-electron chi connectivity index (χ3n) is 8.72. The van der Waals surface area contributed by atoms with Crippen molar-refractivity contribution in [3.05, 3.63) is 100 Å². The lowest BCUT2D eigenvalue weighted by Crippen LogP contribution is -2.27. The molecule has 7 rings (SSSR count). The van der Waals surface area contributed by atoms with Gasteiger partial charge in [-0.1, -0.05) is 30.2 Å². The molecule has 6 aromatic rings. The van der Waals surface area contributed by atoms with Gasteiger partial charge in [0, 0.05) is 40.4 Å². The maximum atomic E-state index is 13.9. The predicted molar refractivity (Wildman–Crippen MR) is 191 cm³/mol. The zero-order valence-corrected chi connectivity index (χ0v) is 30.7. The molecule has 2 bridgehead atoms. The summed E-state index contributed by atoms with van der Waals surface area (Å²) >= 11 is 6.27. The van der Waals surface area contributed by atoms with E-state index >= 15 is 0 Å². The average Bonchev–Trinajstić information content (AvgIpc) is 3.85. The number of carboxylic acid groups (broad SMARTS) is 1. The topological polar surface area (TPSA) is 198 Å². The van der Waals surface area contributed by atoms with Crippen molar-refractivity contribution in [1.29, 1.82) is 0 Å². The minimum atomic E-state index is -5.08. The highest BCUT2D eigenvalue weighted by Crippen LogP contribution is 2.35. The number of methoxy groups -OCH3 is 1. The molecule has 0 aliphatic carbocycles. The number of pyridine rings is 1. The summed E-state index contributed by atoms with van der Waals surface area (Å²) in [6, 6.07) is 10.3. The van der Waals surface area contributed by atoms with Crippen molar-refractivity contribution in [1.82, 2.24) is 49.3 Å². The maximum absolute atomic E-state index is 13.9. The van der Waals surface area contributed by atoms with Crippen molar-refractivity contribution in [3.8, 4) is 39.9 Å². The van der Waals surface area contributed by atoms with E-state index in [0.29, 0.717) is 53.6 Å². The number of fused-ring (bicyclic) bond motifs is 4. The first-order chi connectivity index (χ1) is 27.4. The summed E-state index contributed by atoms with van der Waals surface area (Å²) in [5.74, 6) is -2.62. The second-order valence-electron chi connectivity index (χ2n) is 12.6. The molecule has 6 heterocycles. The van der Waals surface area contributed by atoms with Gasteiger partial charge in [-0.2, -0.15) is 31.4 Å². The molecule has 5 aromatic heterocycles. The van der Waals surface area contributed by atoms with Gasteiger partial charge in [0.2, 0.25) is 11.8 Å². The third-order valence-corrected chi connectivity index (χ3v) is 8.95. The molecular formula is C35H28ClF6N11O5. The summed E-state index contributed by atoms with van der Waals surface area (Å²) in [4.78, 5) is 53.7. The lowest BCUT2D eigenvalue weighted by atomic mass is 9.97. The Bertz CT molecular complexity index is 2540. The quantitative estimate of drug-likeness (QED) is 0.187. The van der Waals surface area contributed by atoms with Crippen LogP contribution in [0.3, 0.4) is 0 Å². The van der Waals surface area contributed by atoms with E-state index in [-0.39, 0.29) is 33.8 Å². The fourth-order valence-corrected chi connectivity index (χ4v) is 6.05. The Kier molecular flexibility index (Phi) is 11.6. The van der Waals surface area contributed by atoms with Crippen molar-refractivity contribution < 1.29 is 45.8 Å². The summed E-state index contributed by atoms with van der Waals surface area (Å²) in [7, 11) is 1.48. The number of anilines is 1. The van der Waals surface area contributed by atoms with Gasteiger partial charge in [0.15, 0.2) is 11.5 Å². The molecule has 0 fully saturated rings. The normalized spacial score (nSPS) is 15.8. The molecule has 1 aliphatic heterocycles. The van der Waals surface area contributed by atoms with Crippen LogP contribution in [-0.4, -0.2) is 79.5 Å². The molecule has 1 aliphatic rings. The minimum absolute atomic E-state index is 0.159. The molecule has 16 nitrogen and oxygen atoms in total. The number of aromatic nitrogens is 10.